The van der Waals surface area contributed by atoms with Crippen molar-refractivity contribution < 1.29 is 13.9 Å². The number of hydrazone groups is 1. The third-order valence-electron chi connectivity index (χ3n) is 2.60. The summed E-state index contributed by atoms with van der Waals surface area (Å²) in [6.07, 6.45) is 1.39. The Morgan fingerprint density at radius 1 is 1.30 bits per heavy atom. The molecule has 0 saturated heterocycles. The van der Waals surface area contributed by atoms with E-state index in [4.69, 9.17) is 27.9 Å². The maximum atomic E-state index is 13.1. The highest BCUT2D eigenvalue weighted by Crippen LogP contribution is 2.27. The van der Waals surface area contributed by atoms with Crippen LogP contribution in [-0.2, 0) is 4.79 Å². The van der Waals surface area contributed by atoms with Crippen LogP contribution in [0, 0.1) is 5.82 Å². The molecule has 120 valence electrons. The number of nitrogens with zero attached hydrogens (tertiary/aromatic N) is 1. The number of nitrogens with one attached hydrogen (secondary N) is 1. The predicted molar refractivity (Wildman–Crippen MR) is 91.8 cm³/mol. The van der Waals surface area contributed by atoms with Crippen molar-refractivity contribution in [2.24, 2.45) is 5.10 Å². The molecular formula is C15H10BrCl2FN2O2. The quantitative estimate of drug-likeness (QED) is 0.575. The summed E-state index contributed by atoms with van der Waals surface area (Å²) in [6, 6.07) is 9.04. The van der Waals surface area contributed by atoms with Crippen molar-refractivity contribution in [3.63, 3.8) is 0 Å². The number of ether oxygens (including phenoxy) is 1. The van der Waals surface area contributed by atoms with Crippen molar-refractivity contribution in [1.82, 2.24) is 5.43 Å². The lowest BCUT2D eigenvalue weighted by atomic mass is 10.2. The summed E-state index contributed by atoms with van der Waals surface area (Å²) >= 11 is 14.7. The molecule has 0 aliphatic heterocycles. The van der Waals surface area contributed by atoms with Gasteiger partial charge in [0.05, 0.1) is 15.7 Å². The standard InChI is InChI=1S/C15H10BrCl2FN2O2/c16-11-5-9(1-3-13(11)19)7-20-21-15(22)8-23-14-4-2-10(17)6-12(14)18/h1-7H,8H2,(H,21,22)/b20-7+. The fraction of sp³-hybridized carbons (Fsp3) is 0.0667. The summed E-state index contributed by atoms with van der Waals surface area (Å²) in [7, 11) is 0. The molecule has 0 spiro atoms. The van der Waals surface area contributed by atoms with Crippen LogP contribution in [-0.4, -0.2) is 18.7 Å². The van der Waals surface area contributed by atoms with Gasteiger partial charge in [0.25, 0.3) is 5.91 Å². The van der Waals surface area contributed by atoms with Crippen molar-refractivity contribution in [2.45, 2.75) is 0 Å². The minimum absolute atomic E-state index is 0.258. The lowest BCUT2D eigenvalue weighted by Crippen LogP contribution is -2.24. The molecule has 2 rings (SSSR count). The van der Waals surface area contributed by atoms with Crippen LogP contribution in [0.5, 0.6) is 5.75 Å². The van der Waals surface area contributed by atoms with Crippen LogP contribution in [0.3, 0.4) is 0 Å². The predicted octanol–water partition coefficient (Wildman–Crippen LogP) is 4.42. The van der Waals surface area contributed by atoms with Crippen LogP contribution >= 0.6 is 39.1 Å². The van der Waals surface area contributed by atoms with E-state index in [2.05, 4.69) is 26.5 Å². The van der Waals surface area contributed by atoms with Crippen LogP contribution in [0.1, 0.15) is 5.56 Å². The van der Waals surface area contributed by atoms with Gasteiger partial charge >= 0.3 is 0 Å². The molecule has 0 aliphatic carbocycles. The molecule has 1 amide bonds. The number of amides is 1. The summed E-state index contributed by atoms with van der Waals surface area (Å²) in [5.74, 6) is -0.495. The third-order valence-corrected chi connectivity index (χ3v) is 3.74. The van der Waals surface area contributed by atoms with Crippen LogP contribution in [0.2, 0.25) is 10.0 Å². The fourth-order valence-corrected chi connectivity index (χ4v) is 2.40. The Hall–Kier alpha value is -1.63. The summed E-state index contributed by atoms with van der Waals surface area (Å²) < 4.78 is 18.6. The zero-order chi connectivity index (χ0) is 16.8. The van der Waals surface area contributed by atoms with Crippen LogP contribution in [0.4, 0.5) is 4.39 Å². The first-order chi connectivity index (χ1) is 11.0. The molecule has 0 fully saturated rings. The van der Waals surface area contributed by atoms with Crippen LogP contribution < -0.4 is 10.2 Å². The first-order valence-electron chi connectivity index (χ1n) is 6.30. The Balaban J connectivity index is 1.85. The number of benzene rings is 2. The molecule has 0 saturated carbocycles. The first-order valence-corrected chi connectivity index (χ1v) is 7.85. The Kier molecular flexibility index (Phi) is 6.38. The Labute approximate surface area is 150 Å². The second-order valence-corrected chi connectivity index (χ2v) is 6.03. The molecule has 0 atom stereocenters. The molecule has 0 aromatic heterocycles. The Morgan fingerprint density at radius 3 is 2.78 bits per heavy atom. The molecule has 23 heavy (non-hydrogen) atoms. The van der Waals surface area contributed by atoms with E-state index >= 15 is 0 Å². The van der Waals surface area contributed by atoms with E-state index in [1.165, 1.54) is 30.5 Å². The lowest BCUT2D eigenvalue weighted by molar-refractivity contribution is -0.123. The van der Waals surface area contributed by atoms with Gasteiger partial charge in [-0.25, -0.2) is 9.82 Å². The van der Waals surface area contributed by atoms with E-state index < -0.39 is 5.91 Å². The molecule has 1 N–H and O–H groups in total. The Bertz CT molecular complexity index is 756. The average Bonchev–Trinajstić information content (AvgIpc) is 2.50. The van der Waals surface area contributed by atoms with E-state index in [1.54, 1.807) is 12.1 Å². The van der Waals surface area contributed by atoms with Gasteiger partial charge in [0, 0.05) is 5.02 Å². The first kappa shape index (κ1) is 17.7. The van der Waals surface area contributed by atoms with Gasteiger partial charge in [0.1, 0.15) is 11.6 Å². The molecule has 0 unspecified atom stereocenters. The van der Waals surface area contributed by atoms with Gasteiger partial charge in [0.15, 0.2) is 6.61 Å². The number of halogens is 4. The molecule has 4 nitrogen and oxygen atoms in total. The minimum Gasteiger partial charge on any atom is -0.482 e. The molecule has 0 radical (unpaired) electrons. The van der Waals surface area contributed by atoms with E-state index in [9.17, 15) is 9.18 Å². The third kappa shape index (κ3) is 5.49. The zero-order valence-corrected chi connectivity index (χ0v) is 14.6. The van der Waals surface area contributed by atoms with E-state index in [0.717, 1.165) is 0 Å². The highest BCUT2D eigenvalue weighted by atomic mass is 79.9. The largest absolute Gasteiger partial charge is 0.482 e. The van der Waals surface area contributed by atoms with Crippen LogP contribution in [0.25, 0.3) is 0 Å². The van der Waals surface area contributed by atoms with Gasteiger partial charge in [-0.1, -0.05) is 29.3 Å². The monoisotopic (exact) mass is 418 g/mol. The number of hydrogen-bond acceptors (Lipinski definition) is 3. The molecule has 0 bridgehead atoms. The second-order valence-electron chi connectivity index (χ2n) is 4.33. The molecule has 2 aromatic carbocycles. The number of carbonyl (C=O) groups is 1. The van der Waals surface area contributed by atoms with Crippen molar-refractivity contribution in [2.75, 3.05) is 6.61 Å². The van der Waals surface area contributed by atoms with Crippen molar-refractivity contribution in [3.8, 4) is 5.75 Å². The maximum absolute atomic E-state index is 13.1. The lowest BCUT2D eigenvalue weighted by Gasteiger charge is -2.07. The van der Waals surface area contributed by atoms with Crippen molar-refractivity contribution >= 4 is 51.3 Å². The molecular weight excluding hydrogens is 410 g/mol. The molecule has 0 heterocycles. The summed E-state index contributed by atoms with van der Waals surface area (Å²) in [4.78, 5) is 11.6. The average molecular weight is 420 g/mol. The van der Waals surface area contributed by atoms with Crippen molar-refractivity contribution in [1.29, 1.82) is 0 Å². The van der Waals surface area contributed by atoms with Gasteiger partial charge in [-0.15, -0.1) is 0 Å². The molecule has 8 heteroatoms. The number of hydrogen-bond donors (Lipinski definition) is 1. The SMILES string of the molecule is O=C(COc1ccc(Cl)cc1Cl)N/N=C/c1ccc(F)c(Br)c1. The van der Waals surface area contributed by atoms with E-state index in [0.29, 0.717) is 25.8 Å². The van der Waals surface area contributed by atoms with Crippen LogP contribution in [0.15, 0.2) is 46.0 Å². The maximum Gasteiger partial charge on any atom is 0.277 e. The zero-order valence-electron chi connectivity index (χ0n) is 11.5. The summed E-state index contributed by atoms with van der Waals surface area (Å²) in [5.41, 5.74) is 2.92. The molecule has 2 aromatic rings. The second kappa shape index (κ2) is 8.29. The molecule has 0 aliphatic rings. The Morgan fingerprint density at radius 2 is 2.09 bits per heavy atom. The topological polar surface area (TPSA) is 50.7 Å². The summed E-state index contributed by atoms with van der Waals surface area (Å²) in [5, 5.41) is 4.54. The fourth-order valence-electron chi connectivity index (χ4n) is 1.54. The van der Waals surface area contributed by atoms with Gasteiger partial charge in [0.2, 0.25) is 0 Å². The highest BCUT2D eigenvalue weighted by molar-refractivity contribution is 9.10. The van der Waals surface area contributed by atoms with Gasteiger partial charge in [-0.2, -0.15) is 5.10 Å². The minimum atomic E-state index is -0.464. The van der Waals surface area contributed by atoms with Gasteiger partial charge < -0.3 is 4.74 Å². The van der Waals surface area contributed by atoms with E-state index in [-0.39, 0.29) is 12.4 Å². The van der Waals surface area contributed by atoms with E-state index in [1.807, 2.05) is 0 Å². The van der Waals surface area contributed by atoms with Crippen molar-refractivity contribution in [3.05, 3.63) is 62.3 Å². The highest BCUT2D eigenvalue weighted by Gasteiger charge is 2.06. The number of rotatable bonds is 5. The summed E-state index contributed by atoms with van der Waals surface area (Å²) in [6.45, 7) is -0.258. The number of carbonyl (C=O) groups excluding carboxylic acids is 1. The normalized spacial score (nSPS) is 10.8. The van der Waals surface area contributed by atoms with Gasteiger partial charge in [-0.05, 0) is 51.8 Å². The smallest absolute Gasteiger partial charge is 0.277 e. The van der Waals surface area contributed by atoms with Gasteiger partial charge in [-0.3, -0.25) is 4.79 Å².